The third-order valence-corrected chi connectivity index (χ3v) is 6.67. The van der Waals surface area contributed by atoms with Crippen molar-refractivity contribution >= 4 is 15.9 Å². The minimum Gasteiger partial charge on any atom is -0.487 e. The molecule has 0 amide bonds. The lowest BCUT2D eigenvalue weighted by molar-refractivity contribution is -0.0327. The lowest BCUT2D eigenvalue weighted by atomic mass is 9.65. The quantitative estimate of drug-likeness (QED) is 0.706. The summed E-state index contributed by atoms with van der Waals surface area (Å²) in [7, 11) is 0. The molecule has 2 nitrogen and oxygen atoms in total. The second kappa shape index (κ2) is 4.99. The number of ether oxygens (including phenoxy) is 1. The zero-order valence-corrected chi connectivity index (χ0v) is 14.1. The van der Waals surface area contributed by atoms with Crippen molar-refractivity contribution in [2.75, 3.05) is 0 Å². The van der Waals surface area contributed by atoms with Gasteiger partial charge >= 0.3 is 0 Å². The maximum Gasteiger partial charge on any atom is 0.124 e. The van der Waals surface area contributed by atoms with Crippen LogP contribution in [0.1, 0.15) is 69.4 Å². The van der Waals surface area contributed by atoms with Crippen LogP contribution in [-0.4, -0.2) is 5.60 Å². The SMILES string of the molecule is N[C@@H]1CC2(CCC3(CCCC3)CC2)Oc2ccc(Br)cc21. The number of fused-ring (bicyclic) bond motifs is 1. The molecule has 0 saturated heterocycles. The van der Waals surface area contributed by atoms with Crippen molar-refractivity contribution in [3.63, 3.8) is 0 Å². The summed E-state index contributed by atoms with van der Waals surface area (Å²) in [5.41, 5.74) is 8.29. The van der Waals surface area contributed by atoms with Gasteiger partial charge in [0.15, 0.2) is 0 Å². The van der Waals surface area contributed by atoms with Gasteiger partial charge in [0.1, 0.15) is 11.4 Å². The Morgan fingerprint density at radius 2 is 1.76 bits per heavy atom. The van der Waals surface area contributed by atoms with Gasteiger partial charge < -0.3 is 10.5 Å². The number of nitrogens with two attached hydrogens (primary N) is 1. The van der Waals surface area contributed by atoms with Gasteiger partial charge in [0.25, 0.3) is 0 Å². The van der Waals surface area contributed by atoms with Crippen LogP contribution in [-0.2, 0) is 0 Å². The summed E-state index contributed by atoms with van der Waals surface area (Å²) in [5.74, 6) is 1.01. The molecule has 1 aromatic rings. The number of hydrogen-bond acceptors (Lipinski definition) is 2. The van der Waals surface area contributed by atoms with E-state index in [0.29, 0.717) is 5.41 Å². The molecular weight excluding hydrogens is 326 g/mol. The molecule has 3 aliphatic rings. The smallest absolute Gasteiger partial charge is 0.124 e. The fraction of sp³-hybridized carbons (Fsp3) is 0.667. The van der Waals surface area contributed by atoms with E-state index in [1.165, 1.54) is 51.4 Å². The molecule has 1 aliphatic heterocycles. The van der Waals surface area contributed by atoms with Crippen LogP contribution in [0.25, 0.3) is 0 Å². The molecule has 3 heteroatoms. The predicted molar refractivity (Wildman–Crippen MR) is 88.4 cm³/mol. The van der Waals surface area contributed by atoms with Crippen molar-refractivity contribution < 1.29 is 4.74 Å². The van der Waals surface area contributed by atoms with E-state index in [4.69, 9.17) is 10.5 Å². The van der Waals surface area contributed by atoms with Crippen molar-refractivity contribution in [3.05, 3.63) is 28.2 Å². The first-order chi connectivity index (χ1) is 10.1. The van der Waals surface area contributed by atoms with Gasteiger partial charge in [0, 0.05) is 22.5 Å². The van der Waals surface area contributed by atoms with E-state index in [0.717, 1.165) is 22.2 Å². The van der Waals surface area contributed by atoms with E-state index < -0.39 is 0 Å². The summed E-state index contributed by atoms with van der Waals surface area (Å²) in [6.07, 6.45) is 11.8. The van der Waals surface area contributed by atoms with E-state index in [1.54, 1.807) is 0 Å². The van der Waals surface area contributed by atoms with E-state index in [-0.39, 0.29) is 11.6 Å². The molecule has 1 atom stereocenters. The second-order valence-corrected chi connectivity index (χ2v) is 8.40. The van der Waals surface area contributed by atoms with Crippen LogP contribution in [0.5, 0.6) is 5.75 Å². The standard InChI is InChI=1S/C18H24BrNO/c19-13-3-4-16-14(11-13)15(20)12-18(21-16)9-7-17(8-10-18)5-1-2-6-17/h3-4,11,15H,1-2,5-10,12,20H2/t15-/m1/s1. The molecule has 1 heterocycles. The summed E-state index contributed by atoms with van der Waals surface area (Å²) in [6, 6.07) is 6.38. The highest BCUT2D eigenvalue weighted by Gasteiger charge is 2.47. The third-order valence-electron chi connectivity index (χ3n) is 6.18. The Hall–Kier alpha value is -0.540. The number of benzene rings is 1. The first kappa shape index (κ1) is 14.1. The van der Waals surface area contributed by atoms with Crippen molar-refractivity contribution in [1.82, 2.24) is 0 Å². The average molecular weight is 350 g/mol. The predicted octanol–water partition coefficient (Wildman–Crippen LogP) is 5.10. The summed E-state index contributed by atoms with van der Waals surface area (Å²) in [4.78, 5) is 0. The Labute approximate surface area is 135 Å². The van der Waals surface area contributed by atoms with Gasteiger partial charge in [0.05, 0.1) is 0 Å². The first-order valence-electron chi connectivity index (χ1n) is 8.34. The largest absolute Gasteiger partial charge is 0.487 e. The highest BCUT2D eigenvalue weighted by molar-refractivity contribution is 9.10. The topological polar surface area (TPSA) is 35.2 Å². The Bertz CT molecular complexity index is 540. The highest BCUT2D eigenvalue weighted by Crippen LogP contribution is 2.55. The fourth-order valence-corrected chi connectivity index (χ4v) is 5.23. The fourth-order valence-electron chi connectivity index (χ4n) is 4.85. The highest BCUT2D eigenvalue weighted by atomic mass is 79.9. The second-order valence-electron chi connectivity index (χ2n) is 7.48. The van der Waals surface area contributed by atoms with Crippen molar-refractivity contribution in [2.24, 2.45) is 11.1 Å². The Morgan fingerprint density at radius 1 is 1.05 bits per heavy atom. The van der Waals surface area contributed by atoms with Crippen molar-refractivity contribution in [3.8, 4) is 5.75 Å². The third kappa shape index (κ3) is 2.43. The van der Waals surface area contributed by atoms with Gasteiger partial charge in [0.2, 0.25) is 0 Å². The van der Waals surface area contributed by atoms with Crippen LogP contribution in [0, 0.1) is 5.41 Å². The molecule has 0 radical (unpaired) electrons. The summed E-state index contributed by atoms with van der Waals surface area (Å²) >= 11 is 3.53. The Kier molecular flexibility index (Phi) is 3.34. The minimum atomic E-state index is 0.00802. The monoisotopic (exact) mass is 349 g/mol. The molecule has 4 rings (SSSR count). The van der Waals surface area contributed by atoms with Crippen LogP contribution >= 0.6 is 15.9 Å². The molecule has 0 aromatic heterocycles. The van der Waals surface area contributed by atoms with Crippen LogP contribution in [0.2, 0.25) is 0 Å². The molecule has 1 aromatic carbocycles. The molecule has 21 heavy (non-hydrogen) atoms. The summed E-state index contributed by atoms with van der Waals surface area (Å²) < 4.78 is 7.58. The maximum absolute atomic E-state index is 6.49. The normalized spacial score (nSPS) is 29.3. The van der Waals surface area contributed by atoms with Crippen LogP contribution in [0.15, 0.2) is 22.7 Å². The molecule has 2 N–H and O–H groups in total. The summed E-state index contributed by atoms with van der Waals surface area (Å²) in [6.45, 7) is 0. The lowest BCUT2D eigenvalue weighted by Crippen LogP contribution is -2.47. The molecule has 2 saturated carbocycles. The van der Waals surface area contributed by atoms with Crippen LogP contribution in [0.4, 0.5) is 0 Å². The molecule has 0 unspecified atom stereocenters. The van der Waals surface area contributed by atoms with Gasteiger partial charge in [-0.1, -0.05) is 28.8 Å². The van der Waals surface area contributed by atoms with Crippen molar-refractivity contribution in [2.45, 2.75) is 69.4 Å². The van der Waals surface area contributed by atoms with Crippen LogP contribution < -0.4 is 10.5 Å². The Morgan fingerprint density at radius 3 is 2.48 bits per heavy atom. The van der Waals surface area contributed by atoms with E-state index >= 15 is 0 Å². The minimum absolute atomic E-state index is 0.00802. The van der Waals surface area contributed by atoms with E-state index in [9.17, 15) is 0 Å². The van der Waals surface area contributed by atoms with Crippen molar-refractivity contribution in [1.29, 1.82) is 0 Å². The number of rotatable bonds is 0. The molecule has 0 bridgehead atoms. The van der Waals surface area contributed by atoms with E-state index in [2.05, 4.69) is 34.1 Å². The molecule has 2 spiro atoms. The van der Waals surface area contributed by atoms with Gasteiger partial charge in [-0.15, -0.1) is 0 Å². The summed E-state index contributed by atoms with van der Waals surface area (Å²) in [5, 5.41) is 0. The Balaban J connectivity index is 1.56. The maximum atomic E-state index is 6.49. The molecule has 2 aliphatic carbocycles. The van der Waals surface area contributed by atoms with E-state index in [1.807, 2.05) is 0 Å². The number of halogens is 1. The molecule has 114 valence electrons. The first-order valence-corrected chi connectivity index (χ1v) is 9.13. The van der Waals surface area contributed by atoms with Gasteiger partial charge in [-0.25, -0.2) is 0 Å². The van der Waals surface area contributed by atoms with Gasteiger partial charge in [-0.05, 0) is 62.1 Å². The average Bonchev–Trinajstić information content (AvgIpc) is 2.93. The van der Waals surface area contributed by atoms with Gasteiger partial charge in [-0.3, -0.25) is 0 Å². The molecule has 2 fully saturated rings. The lowest BCUT2D eigenvalue weighted by Gasteiger charge is -2.48. The number of hydrogen-bond donors (Lipinski definition) is 1. The zero-order valence-electron chi connectivity index (χ0n) is 12.5. The van der Waals surface area contributed by atoms with Crippen LogP contribution in [0.3, 0.4) is 0 Å². The zero-order chi connectivity index (χ0) is 14.5. The van der Waals surface area contributed by atoms with Gasteiger partial charge in [-0.2, -0.15) is 0 Å². The molecular formula is C18H24BrNO.